The van der Waals surface area contributed by atoms with Crippen molar-refractivity contribution in [1.82, 2.24) is 0 Å². The number of fused-ring (bicyclic) bond motifs is 4. The van der Waals surface area contributed by atoms with Crippen LogP contribution < -0.4 is 10.4 Å². The lowest BCUT2D eigenvalue weighted by atomic mass is 9.86. The van der Waals surface area contributed by atoms with Crippen LogP contribution in [0.2, 0.25) is 0 Å². The van der Waals surface area contributed by atoms with Crippen molar-refractivity contribution in [2.75, 3.05) is 0 Å². The maximum atomic E-state index is 10.5. The summed E-state index contributed by atoms with van der Waals surface area (Å²) >= 11 is 0. The van der Waals surface area contributed by atoms with Crippen molar-refractivity contribution in [3.8, 4) is 0 Å². The summed E-state index contributed by atoms with van der Waals surface area (Å²) in [6.07, 6.45) is 8.64. The van der Waals surface area contributed by atoms with E-state index in [4.69, 9.17) is 0 Å². The van der Waals surface area contributed by atoms with Gasteiger partial charge in [-0.3, -0.25) is 0 Å². The van der Waals surface area contributed by atoms with E-state index in [-0.39, 0.29) is 0 Å². The van der Waals surface area contributed by atoms with Crippen LogP contribution in [0.1, 0.15) is 12.8 Å². The van der Waals surface area contributed by atoms with Crippen LogP contribution in [0.5, 0.6) is 0 Å². The Morgan fingerprint density at radius 2 is 1.88 bits per heavy atom. The van der Waals surface area contributed by atoms with Crippen LogP contribution in [-0.4, -0.2) is 5.11 Å². The molecule has 0 heterocycles. The van der Waals surface area contributed by atoms with E-state index >= 15 is 0 Å². The molecule has 84 valence electrons. The van der Waals surface area contributed by atoms with Crippen LogP contribution in [0, 0.1) is 11.8 Å². The maximum Gasteiger partial charge on any atom is 0.126 e. The molecule has 0 aliphatic heterocycles. The fourth-order valence-electron chi connectivity index (χ4n) is 3.28. The Morgan fingerprint density at radius 3 is 2.76 bits per heavy atom. The molecule has 1 fully saturated rings. The van der Waals surface area contributed by atoms with Gasteiger partial charge in [0.2, 0.25) is 0 Å². The highest BCUT2D eigenvalue weighted by Gasteiger charge is 2.41. The molecule has 3 aliphatic rings. The minimum absolute atomic E-state index is 0.495. The summed E-state index contributed by atoms with van der Waals surface area (Å²) in [5, 5.41) is 12.8. The molecule has 0 radical (unpaired) electrons. The van der Waals surface area contributed by atoms with Crippen molar-refractivity contribution in [3.05, 3.63) is 58.5 Å². The van der Waals surface area contributed by atoms with E-state index in [1.165, 1.54) is 17.2 Å². The highest BCUT2D eigenvalue weighted by molar-refractivity contribution is 5.72. The van der Waals surface area contributed by atoms with Crippen LogP contribution in [0.15, 0.2) is 48.1 Å². The summed E-state index contributed by atoms with van der Waals surface area (Å²) in [5.41, 5.74) is 2.67. The highest BCUT2D eigenvalue weighted by Crippen LogP contribution is 2.51. The van der Waals surface area contributed by atoms with Crippen molar-refractivity contribution >= 4 is 11.3 Å². The summed E-state index contributed by atoms with van der Waals surface area (Å²) in [5.74, 6) is 1.66. The minimum Gasteiger partial charge on any atom is -0.507 e. The molecular formula is C16H14O. The number of aliphatic hydroxyl groups excluding tert-OH is 1. The molecular weight excluding hydrogens is 208 g/mol. The van der Waals surface area contributed by atoms with E-state index in [1.807, 2.05) is 12.1 Å². The molecule has 0 aromatic heterocycles. The Balaban J connectivity index is 2.14. The molecule has 1 heteroatoms. The zero-order chi connectivity index (χ0) is 11.4. The number of hydrogen-bond donors (Lipinski definition) is 1. The molecule has 0 saturated heterocycles. The Labute approximate surface area is 100 Å². The van der Waals surface area contributed by atoms with Crippen LogP contribution >= 0.6 is 0 Å². The second-order valence-electron chi connectivity index (χ2n) is 5.12. The van der Waals surface area contributed by atoms with Gasteiger partial charge in [-0.2, -0.15) is 0 Å². The first-order valence-electron chi connectivity index (χ1n) is 6.25. The third-order valence-corrected chi connectivity index (χ3v) is 4.22. The van der Waals surface area contributed by atoms with Crippen LogP contribution in [0.3, 0.4) is 0 Å². The monoisotopic (exact) mass is 222 g/mol. The molecule has 0 bridgehead atoms. The third kappa shape index (κ3) is 1.20. The quantitative estimate of drug-likeness (QED) is 0.712. The number of hydrogen-bond acceptors (Lipinski definition) is 1. The topological polar surface area (TPSA) is 20.2 Å². The zero-order valence-electron chi connectivity index (χ0n) is 9.56. The van der Waals surface area contributed by atoms with Crippen molar-refractivity contribution in [3.63, 3.8) is 0 Å². The third-order valence-electron chi connectivity index (χ3n) is 4.22. The fraction of sp³-hybridized carbons (Fsp3) is 0.250. The maximum absolute atomic E-state index is 10.5. The molecule has 3 aliphatic carbocycles. The second kappa shape index (κ2) is 3.13. The lowest BCUT2D eigenvalue weighted by molar-refractivity contribution is 0.471. The smallest absolute Gasteiger partial charge is 0.126 e. The molecule has 1 N–H and O–H groups in total. The van der Waals surface area contributed by atoms with E-state index < -0.39 is 0 Å². The molecule has 1 aromatic carbocycles. The van der Waals surface area contributed by atoms with Crippen molar-refractivity contribution < 1.29 is 5.11 Å². The highest BCUT2D eigenvalue weighted by atomic mass is 16.3. The first-order chi connectivity index (χ1) is 8.36. The van der Waals surface area contributed by atoms with Gasteiger partial charge in [-0.05, 0) is 35.5 Å². The van der Waals surface area contributed by atoms with Gasteiger partial charge in [-0.15, -0.1) is 0 Å². The summed E-state index contributed by atoms with van der Waals surface area (Å²) in [6.45, 7) is 0. The SMILES string of the molecule is OC1=c2ccccc2=C2CC2C2CC=CC=C12. The summed E-state index contributed by atoms with van der Waals surface area (Å²) in [4.78, 5) is 0. The predicted octanol–water partition coefficient (Wildman–Crippen LogP) is 2.04. The van der Waals surface area contributed by atoms with Gasteiger partial charge in [0.1, 0.15) is 5.76 Å². The largest absolute Gasteiger partial charge is 0.507 e. The molecule has 17 heavy (non-hydrogen) atoms. The summed E-state index contributed by atoms with van der Waals surface area (Å²) < 4.78 is 0. The summed E-state index contributed by atoms with van der Waals surface area (Å²) in [7, 11) is 0. The van der Waals surface area contributed by atoms with Gasteiger partial charge in [0.25, 0.3) is 0 Å². The Morgan fingerprint density at radius 1 is 1.06 bits per heavy atom. The minimum atomic E-state index is 0.495. The average Bonchev–Trinajstić information content (AvgIpc) is 3.18. The Hall–Kier alpha value is -1.76. The van der Waals surface area contributed by atoms with Gasteiger partial charge in [0.15, 0.2) is 0 Å². The van der Waals surface area contributed by atoms with E-state index in [2.05, 4.69) is 30.4 Å². The van der Waals surface area contributed by atoms with Gasteiger partial charge in [-0.1, -0.05) is 48.1 Å². The van der Waals surface area contributed by atoms with E-state index in [0.29, 0.717) is 17.6 Å². The lowest BCUT2D eigenvalue weighted by Crippen LogP contribution is -2.27. The molecule has 2 atom stereocenters. The molecule has 1 aromatic rings. The van der Waals surface area contributed by atoms with Gasteiger partial charge in [0, 0.05) is 5.22 Å². The Kier molecular flexibility index (Phi) is 1.71. The standard InChI is InChI=1S/C16H14O/c17-16-12-7-3-1-5-10(12)14-9-15(14)11-6-2-4-8-13(11)16/h1-5,7-8,11,15,17H,6,9H2. The van der Waals surface area contributed by atoms with E-state index in [1.54, 1.807) is 0 Å². The van der Waals surface area contributed by atoms with Crippen molar-refractivity contribution in [2.45, 2.75) is 12.8 Å². The first-order valence-corrected chi connectivity index (χ1v) is 6.25. The normalized spacial score (nSPS) is 28.8. The summed E-state index contributed by atoms with van der Waals surface area (Å²) in [6, 6.07) is 8.25. The fourth-order valence-corrected chi connectivity index (χ4v) is 3.28. The second-order valence-corrected chi connectivity index (χ2v) is 5.12. The van der Waals surface area contributed by atoms with Crippen molar-refractivity contribution in [1.29, 1.82) is 0 Å². The number of rotatable bonds is 0. The molecule has 1 nitrogen and oxygen atoms in total. The van der Waals surface area contributed by atoms with Gasteiger partial charge < -0.3 is 5.11 Å². The molecule has 4 rings (SSSR count). The molecule has 2 unspecified atom stereocenters. The molecule has 0 amide bonds. The number of aliphatic hydroxyl groups is 1. The van der Waals surface area contributed by atoms with Gasteiger partial charge in [0.05, 0.1) is 0 Å². The van der Waals surface area contributed by atoms with Crippen molar-refractivity contribution in [2.24, 2.45) is 11.8 Å². The Bertz CT molecular complexity index is 676. The molecule has 1 saturated carbocycles. The predicted molar refractivity (Wildman–Crippen MR) is 68.6 cm³/mol. The zero-order valence-corrected chi connectivity index (χ0v) is 9.56. The van der Waals surface area contributed by atoms with E-state index in [0.717, 1.165) is 17.2 Å². The van der Waals surface area contributed by atoms with E-state index in [9.17, 15) is 5.11 Å². The number of allylic oxidation sites excluding steroid dienone is 3. The van der Waals surface area contributed by atoms with Gasteiger partial charge in [-0.25, -0.2) is 0 Å². The lowest BCUT2D eigenvalue weighted by Gasteiger charge is -2.19. The molecule has 0 spiro atoms. The van der Waals surface area contributed by atoms with Gasteiger partial charge >= 0.3 is 0 Å². The first kappa shape index (κ1) is 9.29. The average molecular weight is 222 g/mol. The van der Waals surface area contributed by atoms with Crippen LogP contribution in [0.25, 0.3) is 11.3 Å². The van der Waals surface area contributed by atoms with Crippen LogP contribution in [0.4, 0.5) is 0 Å². The van der Waals surface area contributed by atoms with Crippen LogP contribution in [-0.2, 0) is 0 Å². The number of benzene rings is 1.